The average molecular weight is 287 g/mol. The van der Waals surface area contributed by atoms with E-state index in [1.54, 1.807) is 0 Å². The van der Waals surface area contributed by atoms with E-state index in [0.29, 0.717) is 0 Å². The zero-order chi connectivity index (χ0) is 14.0. The van der Waals surface area contributed by atoms with E-state index in [1.807, 2.05) is 0 Å². The topological polar surface area (TPSA) is 140 Å². The Hall–Kier alpha value is -2.43. The van der Waals surface area contributed by atoms with Gasteiger partial charge in [0, 0.05) is 13.1 Å². The van der Waals surface area contributed by atoms with Crippen molar-refractivity contribution in [3.63, 3.8) is 0 Å². The first-order valence-corrected chi connectivity index (χ1v) is 6.42. The van der Waals surface area contributed by atoms with Crippen molar-refractivity contribution in [2.24, 2.45) is 0 Å². The number of nitrogens with one attached hydrogen (secondary N) is 1. The van der Waals surface area contributed by atoms with Crippen molar-refractivity contribution >= 4 is 22.0 Å². The molecule has 0 saturated heterocycles. The van der Waals surface area contributed by atoms with E-state index < -0.39 is 22.5 Å². The Labute approximate surface area is 107 Å². The predicted octanol–water partition coefficient (Wildman–Crippen LogP) is -0.540. The zero-order valence-corrected chi connectivity index (χ0v) is 10.5. The molecule has 2 aromatic heterocycles. The standard InChI is InChI=1S/C8H9N5O5S/c1-5-10-11-8(18-5)12-19(16,17)6-2-9-13(3-6)4-7(14)15/h2-3H,4H2,1H3,(H,11,12)(H,14,15). The molecule has 2 N–H and O–H groups in total. The van der Waals surface area contributed by atoms with Gasteiger partial charge in [-0.25, -0.2) is 13.1 Å². The Morgan fingerprint density at radius 1 is 1.53 bits per heavy atom. The second kappa shape index (κ2) is 4.68. The van der Waals surface area contributed by atoms with Crippen LogP contribution >= 0.6 is 0 Å². The summed E-state index contributed by atoms with van der Waals surface area (Å²) >= 11 is 0. The Bertz CT molecular complexity index is 703. The van der Waals surface area contributed by atoms with Gasteiger partial charge >= 0.3 is 12.0 Å². The largest absolute Gasteiger partial charge is 0.480 e. The van der Waals surface area contributed by atoms with Gasteiger partial charge < -0.3 is 9.52 Å². The molecule has 0 saturated carbocycles. The maximum atomic E-state index is 11.9. The van der Waals surface area contributed by atoms with Gasteiger partial charge in [-0.2, -0.15) is 5.10 Å². The summed E-state index contributed by atoms with van der Waals surface area (Å²) in [7, 11) is -3.94. The smallest absolute Gasteiger partial charge is 0.329 e. The summed E-state index contributed by atoms with van der Waals surface area (Å²) in [5.74, 6) is -0.924. The lowest BCUT2D eigenvalue weighted by molar-refractivity contribution is -0.137. The Balaban J connectivity index is 2.19. The van der Waals surface area contributed by atoms with E-state index in [1.165, 1.54) is 6.92 Å². The summed E-state index contributed by atoms with van der Waals surface area (Å²) < 4.78 is 31.7. The molecule has 0 spiro atoms. The molecule has 0 amide bonds. The molecular formula is C8H9N5O5S. The van der Waals surface area contributed by atoms with Gasteiger partial charge in [0.15, 0.2) is 0 Å². The third-order valence-electron chi connectivity index (χ3n) is 1.96. The van der Waals surface area contributed by atoms with Crippen LogP contribution in [0, 0.1) is 6.92 Å². The molecule has 19 heavy (non-hydrogen) atoms. The maximum Gasteiger partial charge on any atom is 0.329 e. The Morgan fingerprint density at radius 3 is 2.84 bits per heavy atom. The maximum absolute atomic E-state index is 11.9. The first-order valence-electron chi connectivity index (χ1n) is 4.94. The van der Waals surface area contributed by atoms with Crippen molar-refractivity contribution in [1.82, 2.24) is 20.0 Å². The molecule has 2 rings (SSSR count). The number of sulfonamides is 1. The summed E-state index contributed by atoms with van der Waals surface area (Å²) in [6.45, 7) is 1.07. The molecule has 2 aromatic rings. The van der Waals surface area contributed by atoms with Crippen LogP contribution in [0.2, 0.25) is 0 Å². The van der Waals surface area contributed by atoms with Crippen molar-refractivity contribution in [3.05, 3.63) is 18.3 Å². The minimum Gasteiger partial charge on any atom is -0.480 e. The Kier molecular flexibility index (Phi) is 3.21. The SMILES string of the molecule is Cc1nnc(NS(=O)(=O)c2cnn(CC(=O)O)c2)o1. The van der Waals surface area contributed by atoms with Gasteiger partial charge in [0.25, 0.3) is 10.0 Å². The summed E-state index contributed by atoms with van der Waals surface area (Å²) in [5.41, 5.74) is 0. The lowest BCUT2D eigenvalue weighted by Crippen LogP contribution is -2.13. The van der Waals surface area contributed by atoms with Gasteiger partial charge in [0.05, 0.1) is 6.20 Å². The number of carbonyl (C=O) groups is 1. The monoisotopic (exact) mass is 287 g/mol. The summed E-state index contributed by atoms with van der Waals surface area (Å²) in [6, 6.07) is -0.275. The van der Waals surface area contributed by atoms with E-state index in [0.717, 1.165) is 17.1 Å². The zero-order valence-electron chi connectivity index (χ0n) is 9.64. The highest BCUT2D eigenvalue weighted by Gasteiger charge is 2.19. The molecule has 0 unspecified atom stereocenters. The van der Waals surface area contributed by atoms with Crippen LogP contribution in [0.3, 0.4) is 0 Å². The Morgan fingerprint density at radius 2 is 2.26 bits per heavy atom. The van der Waals surface area contributed by atoms with Crippen LogP contribution in [0.25, 0.3) is 0 Å². The highest BCUT2D eigenvalue weighted by Crippen LogP contribution is 2.13. The van der Waals surface area contributed by atoms with Gasteiger partial charge in [-0.05, 0) is 0 Å². The van der Waals surface area contributed by atoms with Crippen molar-refractivity contribution in [3.8, 4) is 0 Å². The van der Waals surface area contributed by atoms with Gasteiger partial charge in [0.1, 0.15) is 11.4 Å². The fraction of sp³-hybridized carbons (Fsp3) is 0.250. The average Bonchev–Trinajstić information content (AvgIpc) is 2.87. The molecule has 0 atom stereocenters. The summed E-state index contributed by atoms with van der Waals surface area (Å²) in [4.78, 5) is 10.3. The molecule has 0 radical (unpaired) electrons. The molecule has 102 valence electrons. The highest BCUT2D eigenvalue weighted by molar-refractivity contribution is 7.92. The number of aliphatic carboxylic acids is 1. The van der Waals surface area contributed by atoms with Crippen molar-refractivity contribution in [2.45, 2.75) is 18.4 Å². The number of carboxylic acid groups (broad SMARTS) is 1. The fourth-order valence-electron chi connectivity index (χ4n) is 1.22. The van der Waals surface area contributed by atoms with Crippen molar-refractivity contribution < 1.29 is 22.7 Å². The highest BCUT2D eigenvalue weighted by atomic mass is 32.2. The van der Waals surface area contributed by atoms with Gasteiger partial charge in [-0.15, -0.1) is 5.10 Å². The van der Waals surface area contributed by atoms with Gasteiger partial charge in [-0.1, -0.05) is 5.10 Å². The second-order valence-corrected chi connectivity index (χ2v) is 5.18. The molecular weight excluding hydrogens is 278 g/mol. The van der Waals surface area contributed by atoms with Crippen LogP contribution in [0.15, 0.2) is 21.7 Å². The third kappa shape index (κ3) is 3.07. The predicted molar refractivity (Wildman–Crippen MR) is 59.7 cm³/mol. The van der Waals surface area contributed by atoms with Crippen molar-refractivity contribution in [1.29, 1.82) is 0 Å². The van der Waals surface area contributed by atoms with E-state index in [4.69, 9.17) is 9.52 Å². The lowest BCUT2D eigenvalue weighted by Gasteiger charge is -1.99. The van der Waals surface area contributed by atoms with Gasteiger partial charge in [0.2, 0.25) is 5.89 Å². The van der Waals surface area contributed by atoms with Crippen LogP contribution in [-0.2, 0) is 21.4 Å². The van der Waals surface area contributed by atoms with Crippen LogP contribution in [-0.4, -0.2) is 39.5 Å². The third-order valence-corrected chi connectivity index (χ3v) is 3.24. The van der Waals surface area contributed by atoms with Crippen LogP contribution in [0.1, 0.15) is 5.89 Å². The summed E-state index contributed by atoms with van der Waals surface area (Å²) in [6.07, 6.45) is 2.11. The molecule has 0 aliphatic carbocycles. The van der Waals surface area contributed by atoms with Crippen LogP contribution in [0.4, 0.5) is 6.01 Å². The fourth-order valence-corrected chi connectivity index (χ4v) is 2.10. The first-order chi connectivity index (χ1) is 8.87. The quantitative estimate of drug-likeness (QED) is 0.747. The van der Waals surface area contributed by atoms with E-state index in [2.05, 4.69) is 20.0 Å². The number of carboxylic acids is 1. The normalized spacial score (nSPS) is 11.4. The molecule has 10 nitrogen and oxygen atoms in total. The van der Waals surface area contributed by atoms with Crippen LogP contribution < -0.4 is 4.72 Å². The molecule has 0 fully saturated rings. The lowest BCUT2D eigenvalue weighted by atomic mass is 10.6. The van der Waals surface area contributed by atoms with E-state index in [9.17, 15) is 13.2 Å². The molecule has 2 heterocycles. The molecule has 0 aromatic carbocycles. The van der Waals surface area contributed by atoms with Crippen molar-refractivity contribution in [2.75, 3.05) is 4.72 Å². The second-order valence-electron chi connectivity index (χ2n) is 3.50. The number of hydrogen-bond donors (Lipinski definition) is 2. The first kappa shape index (κ1) is 13.0. The summed E-state index contributed by atoms with van der Waals surface area (Å²) in [5, 5.41) is 19.1. The minimum absolute atomic E-state index is 0.204. The minimum atomic E-state index is -3.94. The number of rotatable bonds is 5. The van der Waals surface area contributed by atoms with E-state index in [-0.39, 0.29) is 16.8 Å². The molecule has 0 bridgehead atoms. The molecule has 11 heteroatoms. The van der Waals surface area contributed by atoms with E-state index >= 15 is 0 Å². The number of aromatic nitrogens is 4. The molecule has 0 aliphatic heterocycles. The number of hydrogen-bond acceptors (Lipinski definition) is 7. The number of nitrogens with zero attached hydrogens (tertiary/aromatic N) is 4. The number of anilines is 1. The molecule has 0 aliphatic rings. The van der Waals surface area contributed by atoms with Gasteiger partial charge in [-0.3, -0.25) is 9.48 Å². The number of aryl methyl sites for hydroxylation is 1. The van der Waals surface area contributed by atoms with Crippen LogP contribution in [0.5, 0.6) is 0 Å².